The average molecular weight is 444 g/mol. The second-order valence-electron chi connectivity index (χ2n) is 7.11. The Labute approximate surface area is 178 Å². The van der Waals surface area contributed by atoms with Gasteiger partial charge in [0, 0.05) is 0 Å². The first kappa shape index (κ1) is 30.9. The highest BCUT2D eigenvalue weighted by atomic mass is 32.2. The molecule has 0 radical (unpaired) electrons. The Bertz CT molecular complexity index is 388. The molecule has 0 spiro atoms. The lowest BCUT2D eigenvalue weighted by molar-refractivity contribution is -0.178. The summed E-state index contributed by atoms with van der Waals surface area (Å²) in [4.78, 5) is 8.90. The van der Waals surface area contributed by atoms with Crippen molar-refractivity contribution in [3.05, 3.63) is 0 Å². The molecule has 4 N–H and O–H groups in total. The van der Waals surface area contributed by atoms with Crippen LogP contribution in [0, 0.1) is 0 Å². The monoisotopic (exact) mass is 443 g/mol. The molecule has 0 saturated heterocycles. The molecule has 0 rings (SSSR count). The van der Waals surface area contributed by atoms with E-state index in [0.29, 0.717) is 6.42 Å². The van der Waals surface area contributed by atoms with Gasteiger partial charge in [-0.15, -0.1) is 0 Å². The molecule has 0 unspecified atom stereocenters. The molecule has 0 aliphatic carbocycles. The summed E-state index contributed by atoms with van der Waals surface area (Å²) in [7, 11) is -3.74. The topological polar surface area (TPSA) is 125 Å². The Balaban J connectivity index is 0. The predicted molar refractivity (Wildman–Crippen MR) is 116 cm³/mol. The van der Waals surface area contributed by atoms with E-state index in [1.165, 1.54) is 70.6 Å². The highest BCUT2D eigenvalue weighted by Crippen LogP contribution is 2.13. The largest absolute Gasteiger partial charge is 0.394 e. The molecule has 0 atom stereocenters. The first-order chi connectivity index (χ1) is 14.0. The third-order valence-corrected chi connectivity index (χ3v) is 5.06. The lowest BCUT2D eigenvalue weighted by atomic mass is 10.0. The number of aliphatic hydroxyl groups is 2. The van der Waals surface area contributed by atoms with E-state index in [2.05, 4.69) is 22.2 Å². The third kappa shape index (κ3) is 35.5. The zero-order valence-corrected chi connectivity index (χ0v) is 19.1. The van der Waals surface area contributed by atoms with Crippen molar-refractivity contribution in [3.8, 4) is 0 Å². The van der Waals surface area contributed by atoms with E-state index >= 15 is 0 Å². The van der Waals surface area contributed by atoms with Crippen LogP contribution in [0.2, 0.25) is 0 Å². The van der Waals surface area contributed by atoms with Crippen molar-refractivity contribution in [2.45, 2.75) is 96.8 Å². The summed E-state index contributed by atoms with van der Waals surface area (Å²) < 4.78 is 29.6. The van der Waals surface area contributed by atoms with Crippen LogP contribution in [-0.4, -0.2) is 55.4 Å². The minimum atomic E-state index is -3.74. The van der Waals surface area contributed by atoms with Crippen LogP contribution >= 0.6 is 0 Å². The maximum absolute atomic E-state index is 10.5. The van der Waals surface area contributed by atoms with Crippen molar-refractivity contribution < 1.29 is 32.9 Å². The number of hydrogen-bond donors (Lipinski definition) is 4. The lowest BCUT2D eigenvalue weighted by Crippen LogP contribution is -2.19. The Morgan fingerprint density at radius 2 is 1.00 bits per heavy atom. The molecule has 8 nitrogen and oxygen atoms in total. The quantitative estimate of drug-likeness (QED) is 0.120. The number of aliphatic hydroxyl groups excluding tert-OH is 2. The summed E-state index contributed by atoms with van der Waals surface area (Å²) in [6.45, 7) is 2.48. The van der Waals surface area contributed by atoms with E-state index < -0.39 is 10.1 Å². The van der Waals surface area contributed by atoms with Gasteiger partial charge < -0.3 is 10.2 Å². The summed E-state index contributed by atoms with van der Waals surface area (Å²) in [5.74, 6) is -0.0783. The van der Waals surface area contributed by atoms with E-state index in [0.717, 1.165) is 12.8 Å². The standard InChI is InChI=1S/C16H34O3S.C4H11NO4/c1-2-3-4-5-6-7-8-9-10-11-12-13-14-15-16-20(17,18)19;6-1-3-8-5-9-4-2-7/h2-16H2,1H3,(H,17,18,19);5-7H,1-4H2. The number of rotatable bonds is 21. The van der Waals surface area contributed by atoms with Gasteiger partial charge in [0.1, 0.15) is 0 Å². The fraction of sp³-hybridized carbons (Fsp3) is 1.00. The minimum absolute atomic E-state index is 0.0600. The van der Waals surface area contributed by atoms with Crippen LogP contribution < -0.4 is 5.64 Å². The SMILES string of the molecule is CCCCCCCCCCCCCCCCS(=O)(=O)O.OCCONOCCO. The molecular weight excluding hydrogens is 398 g/mol. The number of hydrogen-bond acceptors (Lipinski definition) is 7. The molecule has 0 heterocycles. The van der Waals surface area contributed by atoms with Gasteiger partial charge in [-0.2, -0.15) is 8.42 Å². The van der Waals surface area contributed by atoms with Gasteiger partial charge in [0.15, 0.2) is 0 Å². The smallest absolute Gasteiger partial charge is 0.264 e. The van der Waals surface area contributed by atoms with Gasteiger partial charge in [-0.25, -0.2) is 0 Å². The molecule has 178 valence electrons. The first-order valence-corrected chi connectivity index (χ1v) is 12.7. The molecule has 29 heavy (non-hydrogen) atoms. The highest BCUT2D eigenvalue weighted by Gasteiger charge is 2.02. The van der Waals surface area contributed by atoms with Gasteiger partial charge in [0.25, 0.3) is 10.1 Å². The molecule has 9 heteroatoms. The van der Waals surface area contributed by atoms with Crippen LogP contribution in [0.3, 0.4) is 0 Å². The van der Waals surface area contributed by atoms with Crippen LogP contribution in [0.5, 0.6) is 0 Å². The van der Waals surface area contributed by atoms with Crippen LogP contribution in [0.4, 0.5) is 0 Å². The third-order valence-electron chi connectivity index (χ3n) is 4.26. The Kier molecular flexibility index (Phi) is 27.4. The van der Waals surface area contributed by atoms with Gasteiger partial charge in [0.05, 0.1) is 32.2 Å². The second kappa shape index (κ2) is 25.7. The molecular formula is C20H45NO7S. The van der Waals surface area contributed by atoms with Crippen LogP contribution in [0.25, 0.3) is 0 Å². The summed E-state index contributed by atoms with van der Waals surface area (Å²) in [6, 6.07) is 0. The van der Waals surface area contributed by atoms with Crippen molar-refractivity contribution in [2.75, 3.05) is 32.2 Å². The molecule has 0 aromatic heterocycles. The second-order valence-corrected chi connectivity index (χ2v) is 8.68. The van der Waals surface area contributed by atoms with Gasteiger partial charge in [-0.1, -0.05) is 96.0 Å². The molecule has 0 bridgehead atoms. The molecule has 0 aromatic rings. The van der Waals surface area contributed by atoms with E-state index in [1.807, 2.05) is 0 Å². The van der Waals surface area contributed by atoms with Crippen LogP contribution in [-0.2, 0) is 19.8 Å². The molecule has 0 amide bonds. The van der Waals surface area contributed by atoms with Gasteiger partial charge >= 0.3 is 0 Å². The fourth-order valence-electron chi connectivity index (χ4n) is 2.70. The van der Waals surface area contributed by atoms with E-state index in [-0.39, 0.29) is 32.2 Å². The van der Waals surface area contributed by atoms with Gasteiger partial charge in [-0.05, 0) is 6.42 Å². The predicted octanol–water partition coefficient (Wildman–Crippen LogP) is 3.78. The van der Waals surface area contributed by atoms with Crippen molar-refractivity contribution in [1.29, 1.82) is 0 Å². The number of unbranched alkanes of at least 4 members (excludes halogenated alkanes) is 13. The molecule has 0 saturated carbocycles. The Morgan fingerprint density at radius 1 is 0.655 bits per heavy atom. The Hall–Kier alpha value is -0.290. The Morgan fingerprint density at radius 3 is 1.31 bits per heavy atom. The molecule has 0 aromatic carbocycles. The van der Waals surface area contributed by atoms with E-state index in [1.54, 1.807) is 0 Å². The summed E-state index contributed by atoms with van der Waals surface area (Å²) in [6.07, 6.45) is 17.4. The summed E-state index contributed by atoms with van der Waals surface area (Å²) in [5.41, 5.74) is 2.07. The van der Waals surface area contributed by atoms with Crippen molar-refractivity contribution in [3.63, 3.8) is 0 Å². The van der Waals surface area contributed by atoms with Crippen molar-refractivity contribution >= 4 is 10.1 Å². The zero-order valence-electron chi connectivity index (χ0n) is 18.3. The number of nitrogens with one attached hydrogen (secondary N) is 1. The van der Waals surface area contributed by atoms with Gasteiger partial charge in [0.2, 0.25) is 0 Å². The average Bonchev–Trinajstić information content (AvgIpc) is 2.68. The minimum Gasteiger partial charge on any atom is -0.394 e. The van der Waals surface area contributed by atoms with E-state index in [4.69, 9.17) is 14.8 Å². The summed E-state index contributed by atoms with van der Waals surface area (Å²) in [5, 5.41) is 16.3. The van der Waals surface area contributed by atoms with Crippen LogP contribution in [0.1, 0.15) is 96.8 Å². The lowest BCUT2D eigenvalue weighted by Gasteiger charge is -2.03. The van der Waals surface area contributed by atoms with E-state index in [9.17, 15) is 8.42 Å². The van der Waals surface area contributed by atoms with Crippen molar-refractivity contribution in [1.82, 2.24) is 5.64 Å². The highest BCUT2D eigenvalue weighted by molar-refractivity contribution is 7.85. The summed E-state index contributed by atoms with van der Waals surface area (Å²) >= 11 is 0. The zero-order chi connectivity index (χ0) is 22.1. The van der Waals surface area contributed by atoms with Gasteiger partial charge in [-0.3, -0.25) is 14.2 Å². The maximum Gasteiger partial charge on any atom is 0.264 e. The maximum atomic E-state index is 10.5. The van der Waals surface area contributed by atoms with Crippen LogP contribution in [0.15, 0.2) is 0 Å². The normalized spacial score (nSPS) is 11.3. The molecule has 0 fully saturated rings. The van der Waals surface area contributed by atoms with Crippen molar-refractivity contribution in [2.24, 2.45) is 0 Å². The molecule has 0 aliphatic rings. The molecule has 0 aliphatic heterocycles. The first-order valence-electron chi connectivity index (χ1n) is 11.1. The fourth-order valence-corrected chi connectivity index (χ4v) is 3.26.